The molecule has 0 aromatic heterocycles. The quantitative estimate of drug-likeness (QED) is 0.640. The van der Waals surface area contributed by atoms with Crippen molar-refractivity contribution in [3.8, 4) is 5.75 Å². The summed E-state index contributed by atoms with van der Waals surface area (Å²) in [5.41, 5.74) is -0.234. The van der Waals surface area contributed by atoms with Gasteiger partial charge in [-0.15, -0.1) is 0 Å². The Morgan fingerprint density at radius 1 is 1.59 bits per heavy atom. The van der Waals surface area contributed by atoms with Crippen molar-refractivity contribution in [1.82, 2.24) is 0 Å². The standard InChI is InChI=1S/C11H12N2O4/c1-11(4-5-14)7-12-9-6-8(13(15)16)2-3-10(9)17-11/h2-3,6-7,14H,4-5H2,1H3. The van der Waals surface area contributed by atoms with Gasteiger partial charge in [-0.2, -0.15) is 0 Å². The maximum absolute atomic E-state index is 10.6. The van der Waals surface area contributed by atoms with Crippen molar-refractivity contribution in [2.75, 3.05) is 6.61 Å². The Kier molecular flexibility index (Phi) is 2.81. The maximum Gasteiger partial charge on any atom is 0.271 e. The zero-order chi connectivity index (χ0) is 12.5. The second kappa shape index (κ2) is 4.14. The minimum atomic E-state index is -0.655. The summed E-state index contributed by atoms with van der Waals surface area (Å²) < 4.78 is 5.66. The fourth-order valence-electron chi connectivity index (χ4n) is 1.63. The van der Waals surface area contributed by atoms with Gasteiger partial charge in [0.1, 0.15) is 17.0 Å². The summed E-state index contributed by atoms with van der Waals surface area (Å²) in [6.07, 6.45) is 1.99. The van der Waals surface area contributed by atoms with E-state index in [1.54, 1.807) is 13.1 Å². The molecule has 0 saturated carbocycles. The summed E-state index contributed by atoms with van der Waals surface area (Å²) in [4.78, 5) is 14.3. The van der Waals surface area contributed by atoms with Crippen molar-refractivity contribution in [2.24, 2.45) is 4.99 Å². The molecular formula is C11H12N2O4. The van der Waals surface area contributed by atoms with Crippen LogP contribution in [0.25, 0.3) is 0 Å². The van der Waals surface area contributed by atoms with Crippen LogP contribution < -0.4 is 4.74 Å². The van der Waals surface area contributed by atoms with E-state index in [0.717, 1.165) is 0 Å². The van der Waals surface area contributed by atoms with Gasteiger partial charge in [-0.1, -0.05) is 0 Å². The van der Waals surface area contributed by atoms with Gasteiger partial charge in [0, 0.05) is 31.4 Å². The smallest absolute Gasteiger partial charge is 0.271 e. The molecule has 0 bridgehead atoms. The summed E-state index contributed by atoms with van der Waals surface area (Å²) in [5.74, 6) is 0.494. The Hall–Kier alpha value is -1.95. The van der Waals surface area contributed by atoms with Gasteiger partial charge in [0.15, 0.2) is 0 Å². The molecule has 90 valence electrons. The molecule has 1 aromatic carbocycles. The molecule has 0 radical (unpaired) electrons. The van der Waals surface area contributed by atoms with E-state index in [-0.39, 0.29) is 12.3 Å². The number of nitrogens with zero attached hydrogens (tertiary/aromatic N) is 2. The lowest BCUT2D eigenvalue weighted by atomic mass is 10.0. The first-order chi connectivity index (χ1) is 8.04. The molecule has 1 unspecified atom stereocenters. The fraction of sp³-hybridized carbons (Fsp3) is 0.364. The molecule has 1 aromatic rings. The Labute approximate surface area is 97.7 Å². The van der Waals surface area contributed by atoms with Crippen LogP contribution in [-0.4, -0.2) is 28.5 Å². The van der Waals surface area contributed by atoms with Gasteiger partial charge in [0.2, 0.25) is 0 Å². The van der Waals surface area contributed by atoms with Crippen LogP contribution in [0.3, 0.4) is 0 Å². The van der Waals surface area contributed by atoms with Gasteiger partial charge in [0.05, 0.1) is 4.92 Å². The highest BCUT2D eigenvalue weighted by atomic mass is 16.6. The number of aliphatic hydroxyl groups excluding tert-OH is 1. The van der Waals surface area contributed by atoms with Crippen molar-refractivity contribution < 1.29 is 14.8 Å². The van der Waals surface area contributed by atoms with E-state index in [2.05, 4.69) is 4.99 Å². The highest BCUT2D eigenvalue weighted by Gasteiger charge is 2.28. The first-order valence-electron chi connectivity index (χ1n) is 5.18. The van der Waals surface area contributed by atoms with Crippen molar-refractivity contribution in [2.45, 2.75) is 18.9 Å². The van der Waals surface area contributed by atoms with Crippen LogP contribution >= 0.6 is 0 Å². The number of aliphatic imine (C=N–C) groups is 1. The second-order valence-corrected chi connectivity index (χ2v) is 4.06. The van der Waals surface area contributed by atoms with Crippen LogP contribution in [-0.2, 0) is 0 Å². The van der Waals surface area contributed by atoms with Gasteiger partial charge < -0.3 is 9.84 Å². The molecule has 0 fully saturated rings. The number of hydrogen-bond donors (Lipinski definition) is 1. The number of non-ortho nitro benzene ring substituents is 1. The van der Waals surface area contributed by atoms with Crippen molar-refractivity contribution in [1.29, 1.82) is 0 Å². The highest BCUT2D eigenvalue weighted by Crippen LogP contribution is 2.37. The lowest BCUT2D eigenvalue weighted by molar-refractivity contribution is -0.384. The van der Waals surface area contributed by atoms with Gasteiger partial charge in [-0.25, -0.2) is 0 Å². The summed E-state index contributed by atoms with van der Waals surface area (Å²) in [5, 5.41) is 19.5. The van der Waals surface area contributed by atoms with Crippen molar-refractivity contribution >= 4 is 17.6 Å². The summed E-state index contributed by atoms with van der Waals surface area (Å²) in [6, 6.07) is 4.27. The monoisotopic (exact) mass is 236 g/mol. The lowest BCUT2D eigenvalue weighted by Gasteiger charge is -2.29. The highest BCUT2D eigenvalue weighted by molar-refractivity contribution is 5.78. The van der Waals surface area contributed by atoms with Gasteiger partial charge >= 0.3 is 0 Å². The van der Waals surface area contributed by atoms with Crippen molar-refractivity contribution in [3.05, 3.63) is 28.3 Å². The molecular weight excluding hydrogens is 224 g/mol. The first kappa shape index (κ1) is 11.5. The van der Waals surface area contributed by atoms with Crippen LogP contribution in [0.1, 0.15) is 13.3 Å². The average Bonchev–Trinajstić information content (AvgIpc) is 2.28. The minimum Gasteiger partial charge on any atom is -0.480 e. The van der Waals surface area contributed by atoms with E-state index >= 15 is 0 Å². The number of aliphatic hydroxyl groups is 1. The average molecular weight is 236 g/mol. The summed E-state index contributed by atoms with van der Waals surface area (Å²) in [6.45, 7) is 1.79. The third-order valence-electron chi connectivity index (χ3n) is 2.58. The number of benzene rings is 1. The predicted molar refractivity (Wildman–Crippen MR) is 62.0 cm³/mol. The molecule has 1 N–H and O–H groups in total. The molecule has 0 spiro atoms. The zero-order valence-corrected chi connectivity index (χ0v) is 9.29. The molecule has 6 nitrogen and oxygen atoms in total. The molecule has 0 aliphatic carbocycles. The molecule has 0 amide bonds. The van der Waals surface area contributed by atoms with Crippen LogP contribution in [0.5, 0.6) is 5.75 Å². The normalized spacial score (nSPS) is 21.8. The van der Waals surface area contributed by atoms with E-state index in [1.165, 1.54) is 18.2 Å². The second-order valence-electron chi connectivity index (χ2n) is 4.06. The number of ether oxygens (including phenoxy) is 1. The van der Waals surface area contributed by atoms with E-state index in [9.17, 15) is 10.1 Å². The molecule has 1 heterocycles. The van der Waals surface area contributed by atoms with Crippen LogP contribution in [0, 0.1) is 10.1 Å². The molecule has 17 heavy (non-hydrogen) atoms. The molecule has 6 heteroatoms. The van der Waals surface area contributed by atoms with Crippen LogP contribution in [0.15, 0.2) is 23.2 Å². The maximum atomic E-state index is 10.6. The number of rotatable bonds is 3. The van der Waals surface area contributed by atoms with E-state index in [1.807, 2.05) is 0 Å². The molecule has 1 aliphatic heterocycles. The Balaban J connectivity index is 2.33. The third kappa shape index (κ3) is 2.26. The molecule has 0 saturated heterocycles. The zero-order valence-electron chi connectivity index (χ0n) is 9.29. The summed E-state index contributed by atoms with van der Waals surface area (Å²) in [7, 11) is 0. The van der Waals surface area contributed by atoms with Gasteiger partial charge in [0.25, 0.3) is 5.69 Å². The van der Waals surface area contributed by atoms with Gasteiger partial charge in [-0.05, 0) is 13.0 Å². The number of hydrogen-bond acceptors (Lipinski definition) is 5. The molecule has 1 aliphatic rings. The Morgan fingerprint density at radius 2 is 2.35 bits per heavy atom. The number of nitro groups is 1. The van der Waals surface area contributed by atoms with E-state index in [4.69, 9.17) is 9.84 Å². The Bertz CT molecular complexity index is 486. The van der Waals surface area contributed by atoms with Crippen molar-refractivity contribution in [3.63, 3.8) is 0 Å². The van der Waals surface area contributed by atoms with Gasteiger partial charge in [-0.3, -0.25) is 15.1 Å². The van der Waals surface area contributed by atoms with Crippen LogP contribution in [0.2, 0.25) is 0 Å². The largest absolute Gasteiger partial charge is 0.480 e. The van der Waals surface area contributed by atoms with E-state index < -0.39 is 10.5 Å². The van der Waals surface area contributed by atoms with Crippen LogP contribution in [0.4, 0.5) is 11.4 Å². The fourth-order valence-corrected chi connectivity index (χ4v) is 1.63. The Morgan fingerprint density at radius 3 is 3.00 bits per heavy atom. The lowest BCUT2D eigenvalue weighted by Crippen LogP contribution is -2.36. The topological polar surface area (TPSA) is 85.0 Å². The molecule has 2 rings (SSSR count). The SMILES string of the molecule is CC1(CCO)C=Nc2cc([N+](=O)[O-])ccc2O1. The number of fused-ring (bicyclic) bond motifs is 1. The third-order valence-corrected chi connectivity index (χ3v) is 2.58. The first-order valence-corrected chi connectivity index (χ1v) is 5.18. The predicted octanol–water partition coefficient (Wildman–Crippen LogP) is 1.83. The van der Waals surface area contributed by atoms with E-state index in [0.29, 0.717) is 17.9 Å². The summed E-state index contributed by atoms with van der Waals surface area (Å²) >= 11 is 0. The molecule has 1 atom stereocenters. The number of nitro benzene ring substituents is 1. The minimum absolute atomic E-state index is 0.00909.